The van der Waals surface area contributed by atoms with Crippen molar-refractivity contribution >= 4 is 33.8 Å². The molecule has 1 heterocycles. The van der Waals surface area contributed by atoms with Crippen molar-refractivity contribution in [2.24, 2.45) is 0 Å². The summed E-state index contributed by atoms with van der Waals surface area (Å²) in [6.07, 6.45) is 11.7. The molecule has 0 aliphatic carbocycles. The number of hydrogen-bond donors (Lipinski definition) is 2. The lowest BCUT2D eigenvalue weighted by atomic mass is 10.1. The molecule has 0 spiro atoms. The number of aromatic nitrogens is 1. The average Bonchev–Trinajstić information content (AvgIpc) is 3.27. The van der Waals surface area contributed by atoms with Crippen LogP contribution in [0.15, 0.2) is 53.9 Å². The third-order valence-corrected chi connectivity index (χ3v) is 6.29. The third kappa shape index (κ3) is 8.97. The second-order valence-corrected chi connectivity index (χ2v) is 9.24. The Hall–Kier alpha value is -2.73. The van der Waals surface area contributed by atoms with Gasteiger partial charge in [-0.1, -0.05) is 76.5 Å². The van der Waals surface area contributed by atoms with E-state index in [2.05, 4.69) is 22.5 Å². The Morgan fingerprint density at radius 3 is 2.36 bits per heavy atom. The van der Waals surface area contributed by atoms with Gasteiger partial charge < -0.3 is 10.6 Å². The SMILES string of the molecule is CCCCCCCCCCCC(=O)Nc1cccc(-c2csc(Nc3cccc(F)c3)n2)c1. The van der Waals surface area contributed by atoms with Crippen LogP contribution < -0.4 is 10.6 Å². The zero-order chi connectivity index (χ0) is 23.3. The quantitative estimate of drug-likeness (QED) is 0.233. The molecule has 3 aromatic rings. The van der Waals surface area contributed by atoms with Crippen molar-refractivity contribution in [3.8, 4) is 11.3 Å². The molecule has 0 aliphatic rings. The highest BCUT2D eigenvalue weighted by atomic mass is 32.1. The Morgan fingerprint density at radius 2 is 1.61 bits per heavy atom. The van der Waals surface area contributed by atoms with Crippen LogP contribution in [0.5, 0.6) is 0 Å². The van der Waals surface area contributed by atoms with Crippen LogP contribution in [0.2, 0.25) is 0 Å². The Morgan fingerprint density at radius 1 is 0.909 bits per heavy atom. The van der Waals surface area contributed by atoms with Crippen molar-refractivity contribution in [2.45, 2.75) is 71.1 Å². The lowest BCUT2D eigenvalue weighted by Gasteiger charge is -2.07. The van der Waals surface area contributed by atoms with Gasteiger partial charge in [-0.15, -0.1) is 11.3 Å². The van der Waals surface area contributed by atoms with Gasteiger partial charge in [0.1, 0.15) is 5.82 Å². The maximum Gasteiger partial charge on any atom is 0.224 e. The first-order chi connectivity index (χ1) is 16.1. The number of nitrogens with zero attached hydrogens (tertiary/aromatic N) is 1. The smallest absolute Gasteiger partial charge is 0.224 e. The molecule has 0 atom stereocenters. The first-order valence-electron chi connectivity index (χ1n) is 12.0. The zero-order valence-electron chi connectivity index (χ0n) is 19.4. The molecule has 0 aliphatic heterocycles. The maximum absolute atomic E-state index is 13.4. The minimum absolute atomic E-state index is 0.0573. The molecule has 0 fully saturated rings. The molecule has 0 saturated carbocycles. The summed E-state index contributed by atoms with van der Waals surface area (Å²) >= 11 is 1.46. The molecule has 4 nitrogen and oxygen atoms in total. The number of carbonyl (C=O) groups is 1. The molecule has 3 rings (SSSR count). The maximum atomic E-state index is 13.4. The first kappa shape index (κ1) is 24.9. The van der Waals surface area contributed by atoms with E-state index in [0.29, 0.717) is 17.2 Å². The van der Waals surface area contributed by atoms with E-state index in [4.69, 9.17) is 0 Å². The van der Waals surface area contributed by atoms with Crippen LogP contribution in [0.3, 0.4) is 0 Å². The molecule has 0 radical (unpaired) electrons. The van der Waals surface area contributed by atoms with Crippen LogP contribution in [-0.2, 0) is 4.79 Å². The first-order valence-corrected chi connectivity index (χ1v) is 12.9. The number of unbranched alkanes of at least 4 members (excludes halogenated alkanes) is 8. The predicted molar refractivity (Wildman–Crippen MR) is 138 cm³/mol. The monoisotopic (exact) mass is 467 g/mol. The fourth-order valence-corrected chi connectivity index (χ4v) is 4.47. The van der Waals surface area contributed by atoms with Crippen LogP contribution in [0.4, 0.5) is 20.9 Å². The number of amides is 1. The van der Waals surface area contributed by atoms with E-state index in [1.165, 1.54) is 68.4 Å². The third-order valence-electron chi connectivity index (χ3n) is 5.53. The summed E-state index contributed by atoms with van der Waals surface area (Å²) in [6, 6.07) is 14.0. The largest absolute Gasteiger partial charge is 0.331 e. The number of rotatable bonds is 14. The Labute approximate surface area is 200 Å². The molecule has 33 heavy (non-hydrogen) atoms. The van der Waals surface area contributed by atoms with Crippen LogP contribution in [0, 0.1) is 5.82 Å². The highest BCUT2D eigenvalue weighted by Gasteiger charge is 2.08. The number of hydrogen-bond acceptors (Lipinski definition) is 4. The van der Waals surface area contributed by atoms with Gasteiger partial charge >= 0.3 is 0 Å². The molecule has 2 aromatic carbocycles. The van der Waals surface area contributed by atoms with Gasteiger partial charge in [0.2, 0.25) is 5.91 Å². The number of thiazole rings is 1. The number of carbonyl (C=O) groups excluding carboxylic acids is 1. The predicted octanol–water partition coefficient (Wildman–Crippen LogP) is 8.55. The molecule has 2 N–H and O–H groups in total. The molecule has 0 saturated heterocycles. The average molecular weight is 468 g/mol. The summed E-state index contributed by atoms with van der Waals surface area (Å²) in [5.41, 5.74) is 3.18. The Balaban J connectivity index is 1.42. The summed E-state index contributed by atoms with van der Waals surface area (Å²) in [7, 11) is 0. The lowest BCUT2D eigenvalue weighted by molar-refractivity contribution is -0.116. The summed E-state index contributed by atoms with van der Waals surface area (Å²) in [4.78, 5) is 16.9. The second kappa shape index (κ2) is 13.7. The Bertz CT molecular complexity index is 1000. The van der Waals surface area contributed by atoms with Gasteiger partial charge in [0.05, 0.1) is 5.69 Å². The molecule has 0 unspecified atom stereocenters. The lowest BCUT2D eigenvalue weighted by Crippen LogP contribution is -2.11. The number of halogens is 1. The highest BCUT2D eigenvalue weighted by molar-refractivity contribution is 7.14. The number of anilines is 3. The molecule has 1 amide bonds. The highest BCUT2D eigenvalue weighted by Crippen LogP contribution is 2.29. The van der Waals surface area contributed by atoms with Crippen LogP contribution in [0.25, 0.3) is 11.3 Å². The van der Waals surface area contributed by atoms with Crippen molar-refractivity contribution in [3.63, 3.8) is 0 Å². The summed E-state index contributed by atoms with van der Waals surface area (Å²) < 4.78 is 13.4. The van der Waals surface area contributed by atoms with Gasteiger partial charge in [-0.25, -0.2) is 9.37 Å². The minimum Gasteiger partial charge on any atom is -0.331 e. The topological polar surface area (TPSA) is 54.0 Å². The fraction of sp³-hybridized carbons (Fsp3) is 0.407. The number of benzene rings is 2. The molecule has 176 valence electrons. The van der Waals surface area contributed by atoms with Crippen molar-refractivity contribution in [3.05, 3.63) is 59.7 Å². The number of nitrogens with one attached hydrogen (secondary N) is 2. The Kier molecular flexibility index (Phi) is 10.4. The van der Waals surface area contributed by atoms with E-state index in [1.807, 2.05) is 29.6 Å². The van der Waals surface area contributed by atoms with Gasteiger partial charge in [-0.3, -0.25) is 4.79 Å². The van der Waals surface area contributed by atoms with E-state index in [9.17, 15) is 9.18 Å². The van der Waals surface area contributed by atoms with Crippen molar-refractivity contribution in [2.75, 3.05) is 10.6 Å². The molecular weight excluding hydrogens is 433 g/mol. The van der Waals surface area contributed by atoms with Crippen molar-refractivity contribution < 1.29 is 9.18 Å². The fourth-order valence-electron chi connectivity index (χ4n) is 3.73. The standard InChI is InChI=1S/C27H34FN3OS/c1-2-3-4-5-6-7-8-9-10-17-26(32)29-23-15-11-13-21(18-23)25-20-33-27(31-25)30-24-16-12-14-22(28)19-24/h11-16,18-20H,2-10,17H2,1H3,(H,29,32)(H,30,31). The van der Waals surface area contributed by atoms with E-state index in [1.54, 1.807) is 12.1 Å². The molecule has 1 aromatic heterocycles. The summed E-state index contributed by atoms with van der Waals surface area (Å²) in [5.74, 6) is -0.232. The second-order valence-electron chi connectivity index (χ2n) is 8.38. The van der Waals surface area contributed by atoms with Gasteiger partial charge in [0.25, 0.3) is 0 Å². The van der Waals surface area contributed by atoms with Crippen LogP contribution in [-0.4, -0.2) is 10.9 Å². The van der Waals surface area contributed by atoms with Crippen molar-refractivity contribution in [1.82, 2.24) is 4.98 Å². The molecule has 0 bridgehead atoms. The van der Waals surface area contributed by atoms with Gasteiger partial charge in [-0.2, -0.15) is 0 Å². The van der Waals surface area contributed by atoms with E-state index >= 15 is 0 Å². The molecule has 6 heteroatoms. The van der Waals surface area contributed by atoms with Crippen LogP contribution in [0.1, 0.15) is 71.1 Å². The minimum atomic E-state index is -0.289. The zero-order valence-corrected chi connectivity index (χ0v) is 20.2. The van der Waals surface area contributed by atoms with Crippen LogP contribution >= 0.6 is 11.3 Å². The van der Waals surface area contributed by atoms with Gasteiger partial charge in [0.15, 0.2) is 5.13 Å². The molecular formula is C27H34FN3OS. The summed E-state index contributed by atoms with van der Waals surface area (Å²) in [5, 5.41) is 8.78. The normalized spacial score (nSPS) is 10.8. The van der Waals surface area contributed by atoms with E-state index in [0.717, 1.165) is 29.8 Å². The van der Waals surface area contributed by atoms with Crippen molar-refractivity contribution in [1.29, 1.82) is 0 Å². The van der Waals surface area contributed by atoms with Gasteiger partial charge in [0, 0.05) is 28.7 Å². The van der Waals surface area contributed by atoms with Gasteiger partial charge in [-0.05, 0) is 36.8 Å². The van der Waals surface area contributed by atoms with E-state index in [-0.39, 0.29) is 11.7 Å². The summed E-state index contributed by atoms with van der Waals surface area (Å²) in [6.45, 7) is 2.24. The van der Waals surface area contributed by atoms with E-state index < -0.39 is 0 Å².